The third kappa shape index (κ3) is 2.63. The summed E-state index contributed by atoms with van der Waals surface area (Å²) in [6.07, 6.45) is 0.404. The quantitative estimate of drug-likeness (QED) is 0.744. The minimum absolute atomic E-state index is 0.0426. The number of hydrogen-bond acceptors (Lipinski definition) is 4. The van der Waals surface area contributed by atoms with Gasteiger partial charge in [-0.05, 0) is 44.6 Å². The van der Waals surface area contributed by atoms with Crippen LogP contribution >= 0.6 is 0 Å². The molecule has 2 unspecified atom stereocenters. The van der Waals surface area contributed by atoms with Crippen LogP contribution in [0.4, 0.5) is 5.69 Å². The average Bonchev–Trinajstić information content (AvgIpc) is 2.36. The van der Waals surface area contributed by atoms with Gasteiger partial charge in [-0.25, -0.2) is 0 Å². The molecule has 4 N–H and O–H groups in total. The Kier molecular flexibility index (Phi) is 3.84. The fourth-order valence-electron chi connectivity index (χ4n) is 1.92. The lowest BCUT2D eigenvalue weighted by Crippen LogP contribution is -2.34. The standard InChI is InChI=1S/C13H19N3O2/c1-8-13(17)16-11-7-9(3-4-12(11)18-8)10(14)5-6-15-2/h3-4,7-8,10,15H,5-6,14H2,1-2H3,(H,16,17). The number of ether oxygens (including phenoxy) is 1. The van der Waals surface area contributed by atoms with E-state index >= 15 is 0 Å². The van der Waals surface area contributed by atoms with Crippen LogP contribution in [0.5, 0.6) is 5.75 Å². The second kappa shape index (κ2) is 5.37. The molecular weight excluding hydrogens is 230 g/mol. The summed E-state index contributed by atoms with van der Waals surface area (Å²) in [4.78, 5) is 11.5. The van der Waals surface area contributed by atoms with Crippen LogP contribution in [0.3, 0.4) is 0 Å². The van der Waals surface area contributed by atoms with E-state index in [0.29, 0.717) is 11.4 Å². The van der Waals surface area contributed by atoms with Gasteiger partial charge in [0, 0.05) is 6.04 Å². The Labute approximate surface area is 107 Å². The number of anilines is 1. The maximum absolute atomic E-state index is 11.5. The number of carbonyl (C=O) groups is 1. The van der Waals surface area contributed by atoms with Crippen LogP contribution in [0.15, 0.2) is 18.2 Å². The van der Waals surface area contributed by atoms with Gasteiger partial charge in [0.05, 0.1) is 5.69 Å². The topological polar surface area (TPSA) is 76.4 Å². The van der Waals surface area contributed by atoms with Gasteiger partial charge in [0.1, 0.15) is 5.75 Å². The van der Waals surface area contributed by atoms with E-state index in [9.17, 15) is 4.79 Å². The molecule has 0 aromatic heterocycles. The normalized spacial score (nSPS) is 19.7. The predicted octanol–water partition coefficient (Wildman–Crippen LogP) is 1.02. The van der Waals surface area contributed by atoms with Crippen LogP contribution in [0.2, 0.25) is 0 Å². The highest BCUT2D eigenvalue weighted by Crippen LogP contribution is 2.32. The van der Waals surface area contributed by atoms with Crippen molar-refractivity contribution in [3.8, 4) is 5.75 Å². The Hall–Kier alpha value is -1.59. The molecule has 1 aromatic rings. The summed E-state index contributed by atoms with van der Waals surface area (Å²) >= 11 is 0. The number of hydrogen-bond donors (Lipinski definition) is 3. The second-order valence-corrected chi connectivity index (χ2v) is 4.50. The molecule has 5 nitrogen and oxygen atoms in total. The summed E-state index contributed by atoms with van der Waals surface area (Å²) in [6.45, 7) is 2.59. The molecule has 0 saturated heterocycles. The van der Waals surface area contributed by atoms with E-state index in [1.54, 1.807) is 6.92 Å². The van der Waals surface area contributed by atoms with Crippen LogP contribution in [0.1, 0.15) is 24.9 Å². The molecule has 1 aliphatic heterocycles. The van der Waals surface area contributed by atoms with Crippen molar-refractivity contribution in [3.05, 3.63) is 23.8 Å². The van der Waals surface area contributed by atoms with E-state index < -0.39 is 6.10 Å². The Morgan fingerprint density at radius 2 is 2.33 bits per heavy atom. The molecule has 1 amide bonds. The average molecular weight is 249 g/mol. The number of nitrogens with one attached hydrogen (secondary N) is 2. The molecule has 0 fully saturated rings. The molecule has 1 aromatic carbocycles. The molecule has 2 rings (SSSR count). The van der Waals surface area contributed by atoms with Crippen molar-refractivity contribution in [3.63, 3.8) is 0 Å². The zero-order valence-electron chi connectivity index (χ0n) is 10.7. The number of fused-ring (bicyclic) bond motifs is 1. The minimum Gasteiger partial charge on any atom is -0.479 e. The van der Waals surface area contributed by atoms with Crippen molar-refractivity contribution in [1.82, 2.24) is 5.32 Å². The lowest BCUT2D eigenvalue weighted by molar-refractivity contribution is -0.122. The molecule has 0 radical (unpaired) electrons. The Morgan fingerprint density at radius 3 is 3.06 bits per heavy atom. The summed E-state index contributed by atoms with van der Waals surface area (Å²) in [5.74, 6) is 0.579. The molecule has 0 bridgehead atoms. The largest absolute Gasteiger partial charge is 0.479 e. The molecule has 0 spiro atoms. The zero-order chi connectivity index (χ0) is 13.1. The number of rotatable bonds is 4. The van der Waals surface area contributed by atoms with Crippen LogP contribution < -0.4 is 21.1 Å². The SMILES string of the molecule is CNCCC(N)c1ccc2c(c1)NC(=O)C(C)O2. The van der Waals surface area contributed by atoms with Gasteiger partial charge in [-0.2, -0.15) is 0 Å². The van der Waals surface area contributed by atoms with Gasteiger partial charge in [-0.3, -0.25) is 4.79 Å². The fraction of sp³-hybridized carbons (Fsp3) is 0.462. The maximum atomic E-state index is 11.5. The molecule has 1 heterocycles. The highest BCUT2D eigenvalue weighted by atomic mass is 16.5. The van der Waals surface area contributed by atoms with Crippen molar-refractivity contribution >= 4 is 11.6 Å². The van der Waals surface area contributed by atoms with Gasteiger partial charge in [-0.1, -0.05) is 6.07 Å². The molecular formula is C13H19N3O2. The third-order valence-electron chi connectivity index (χ3n) is 3.07. The highest BCUT2D eigenvalue weighted by Gasteiger charge is 2.23. The van der Waals surface area contributed by atoms with E-state index in [2.05, 4.69) is 10.6 Å². The second-order valence-electron chi connectivity index (χ2n) is 4.50. The number of amides is 1. The summed E-state index contributed by atoms with van der Waals surface area (Å²) in [7, 11) is 1.90. The van der Waals surface area contributed by atoms with Gasteiger partial charge in [-0.15, -0.1) is 0 Å². The summed E-state index contributed by atoms with van der Waals surface area (Å²) < 4.78 is 5.49. The highest BCUT2D eigenvalue weighted by molar-refractivity contribution is 5.97. The molecule has 18 heavy (non-hydrogen) atoms. The Balaban J connectivity index is 2.17. The lowest BCUT2D eigenvalue weighted by Gasteiger charge is -2.24. The van der Waals surface area contributed by atoms with Gasteiger partial charge >= 0.3 is 0 Å². The first-order valence-corrected chi connectivity index (χ1v) is 6.13. The molecule has 5 heteroatoms. The van der Waals surface area contributed by atoms with Crippen molar-refractivity contribution in [2.24, 2.45) is 5.73 Å². The molecule has 98 valence electrons. The van der Waals surface area contributed by atoms with Crippen molar-refractivity contribution in [2.45, 2.75) is 25.5 Å². The number of benzene rings is 1. The van der Waals surface area contributed by atoms with Crippen molar-refractivity contribution in [2.75, 3.05) is 18.9 Å². The Bertz CT molecular complexity index is 448. The number of nitrogens with two attached hydrogens (primary N) is 1. The fourth-order valence-corrected chi connectivity index (χ4v) is 1.92. The molecule has 1 aliphatic rings. The van der Waals surface area contributed by atoms with E-state index in [4.69, 9.17) is 10.5 Å². The molecule has 2 atom stereocenters. The monoisotopic (exact) mass is 249 g/mol. The minimum atomic E-state index is -0.443. The van der Waals surface area contributed by atoms with Crippen molar-refractivity contribution < 1.29 is 9.53 Å². The summed E-state index contributed by atoms with van der Waals surface area (Å²) in [5, 5.41) is 5.89. The van der Waals surface area contributed by atoms with E-state index in [1.165, 1.54) is 0 Å². The zero-order valence-corrected chi connectivity index (χ0v) is 10.7. The van der Waals surface area contributed by atoms with Gasteiger partial charge in [0.25, 0.3) is 5.91 Å². The molecule has 0 saturated carbocycles. The van der Waals surface area contributed by atoms with Crippen LogP contribution in [0.25, 0.3) is 0 Å². The lowest BCUT2D eigenvalue weighted by atomic mass is 10.0. The Morgan fingerprint density at radius 1 is 1.56 bits per heavy atom. The van der Waals surface area contributed by atoms with E-state index in [1.807, 2.05) is 25.2 Å². The maximum Gasteiger partial charge on any atom is 0.265 e. The van der Waals surface area contributed by atoms with E-state index in [0.717, 1.165) is 18.5 Å². The van der Waals surface area contributed by atoms with Gasteiger partial charge in [0.15, 0.2) is 6.10 Å². The first-order chi connectivity index (χ1) is 8.61. The third-order valence-corrected chi connectivity index (χ3v) is 3.07. The first-order valence-electron chi connectivity index (χ1n) is 6.13. The smallest absolute Gasteiger partial charge is 0.265 e. The predicted molar refractivity (Wildman–Crippen MR) is 70.6 cm³/mol. The van der Waals surface area contributed by atoms with E-state index in [-0.39, 0.29) is 11.9 Å². The number of carbonyl (C=O) groups excluding carboxylic acids is 1. The summed E-state index contributed by atoms with van der Waals surface area (Å²) in [6, 6.07) is 5.65. The van der Waals surface area contributed by atoms with Gasteiger partial charge < -0.3 is 21.1 Å². The van der Waals surface area contributed by atoms with Crippen LogP contribution in [-0.4, -0.2) is 25.6 Å². The van der Waals surface area contributed by atoms with Crippen molar-refractivity contribution in [1.29, 1.82) is 0 Å². The molecule has 0 aliphatic carbocycles. The van der Waals surface area contributed by atoms with Crippen LogP contribution in [0, 0.1) is 0 Å². The van der Waals surface area contributed by atoms with Gasteiger partial charge in [0.2, 0.25) is 0 Å². The van der Waals surface area contributed by atoms with Crippen LogP contribution in [-0.2, 0) is 4.79 Å². The first kappa shape index (κ1) is 12.9. The summed E-state index contributed by atoms with van der Waals surface area (Å²) in [5.41, 5.74) is 7.79.